The minimum Gasteiger partial charge on any atom is -0.371 e. The lowest BCUT2D eigenvalue weighted by molar-refractivity contribution is -0.111. The van der Waals surface area contributed by atoms with Gasteiger partial charge in [0, 0.05) is 36.2 Å². The number of anilines is 3. The molecule has 0 spiro atoms. The molecule has 4 rings (SSSR count). The Bertz CT molecular complexity index is 1030. The number of morpholine rings is 1. The zero-order chi connectivity index (χ0) is 20.8. The van der Waals surface area contributed by atoms with Gasteiger partial charge in [-0.05, 0) is 42.0 Å². The number of benzene rings is 2. The maximum Gasteiger partial charge on any atom is 0.247 e. The normalized spacial score (nSPS) is 15.9. The summed E-state index contributed by atoms with van der Waals surface area (Å²) < 4.78 is 5.79. The van der Waals surface area contributed by atoms with Gasteiger partial charge in [-0.3, -0.25) is 4.79 Å². The molecule has 3 N–H and O–H groups in total. The second-order valence-electron chi connectivity index (χ2n) is 6.85. The van der Waals surface area contributed by atoms with Crippen molar-refractivity contribution in [3.05, 3.63) is 79.0 Å². The summed E-state index contributed by atoms with van der Waals surface area (Å²) >= 11 is 0. The quantitative estimate of drug-likeness (QED) is 0.546. The first kappa shape index (κ1) is 19.8. The highest BCUT2D eigenvalue weighted by Crippen LogP contribution is 2.24. The van der Waals surface area contributed by atoms with Crippen LogP contribution in [-0.4, -0.2) is 35.6 Å². The van der Waals surface area contributed by atoms with Crippen molar-refractivity contribution in [2.24, 2.45) is 0 Å². The second kappa shape index (κ2) is 9.30. The molecular weight excluding hydrogens is 378 g/mol. The van der Waals surface area contributed by atoms with Crippen LogP contribution in [0.25, 0.3) is 11.3 Å². The Hall–Kier alpha value is -3.55. The number of hydrogen-bond acceptors (Lipinski definition) is 6. The van der Waals surface area contributed by atoms with E-state index >= 15 is 0 Å². The third-order valence-corrected chi connectivity index (χ3v) is 4.73. The van der Waals surface area contributed by atoms with Crippen LogP contribution in [0.4, 0.5) is 17.3 Å². The Kier molecular flexibility index (Phi) is 6.12. The molecule has 0 bridgehead atoms. The molecule has 2 aromatic carbocycles. The largest absolute Gasteiger partial charge is 0.371 e. The number of nitrogens with zero attached hydrogens (tertiary/aromatic N) is 2. The van der Waals surface area contributed by atoms with Gasteiger partial charge < -0.3 is 20.7 Å². The van der Waals surface area contributed by atoms with Crippen molar-refractivity contribution in [1.82, 2.24) is 15.3 Å². The molecule has 1 aliphatic rings. The number of hydrogen-bond donors (Lipinski definition) is 3. The average molecular weight is 401 g/mol. The number of nitrogens with one attached hydrogen (secondary N) is 3. The third kappa shape index (κ3) is 4.89. The molecule has 1 amide bonds. The first-order valence-corrected chi connectivity index (χ1v) is 9.77. The van der Waals surface area contributed by atoms with Gasteiger partial charge in [0.25, 0.3) is 0 Å². The lowest BCUT2D eigenvalue weighted by atomic mass is 10.1. The molecule has 0 saturated carbocycles. The van der Waals surface area contributed by atoms with Crippen LogP contribution in [0.1, 0.15) is 11.7 Å². The molecule has 1 aromatic heterocycles. The first-order chi connectivity index (χ1) is 14.7. The minimum atomic E-state index is -0.255. The van der Waals surface area contributed by atoms with E-state index in [1.54, 1.807) is 6.20 Å². The molecule has 152 valence electrons. The fourth-order valence-electron chi connectivity index (χ4n) is 3.22. The maximum absolute atomic E-state index is 11.5. The summed E-state index contributed by atoms with van der Waals surface area (Å²) in [6.07, 6.45) is 3.03. The van der Waals surface area contributed by atoms with E-state index in [4.69, 9.17) is 4.74 Å². The molecule has 1 unspecified atom stereocenters. The summed E-state index contributed by atoms with van der Waals surface area (Å²) in [5.74, 6) is 0.242. The molecule has 1 atom stereocenters. The summed E-state index contributed by atoms with van der Waals surface area (Å²) in [4.78, 5) is 20.5. The standard InChI is InChI=1S/C23H23N5O2/c1-2-22(29)26-19-5-3-4-17(14-19)20-10-11-25-23(28-20)27-18-8-6-16(7-9-18)21-15-24-12-13-30-21/h2-11,14,21,24H,1,12-13,15H2,(H,26,29)(H,25,27,28). The van der Waals surface area contributed by atoms with Crippen molar-refractivity contribution in [2.45, 2.75) is 6.10 Å². The van der Waals surface area contributed by atoms with Gasteiger partial charge in [-0.1, -0.05) is 30.8 Å². The number of carbonyl (C=O) groups is 1. The van der Waals surface area contributed by atoms with Crippen LogP contribution < -0.4 is 16.0 Å². The molecule has 7 nitrogen and oxygen atoms in total. The van der Waals surface area contributed by atoms with Gasteiger partial charge in [0.1, 0.15) is 0 Å². The lowest BCUT2D eigenvalue weighted by Crippen LogP contribution is -2.33. The Morgan fingerprint density at radius 1 is 1.17 bits per heavy atom. The van der Waals surface area contributed by atoms with Crippen molar-refractivity contribution in [1.29, 1.82) is 0 Å². The Balaban J connectivity index is 1.48. The predicted octanol–water partition coefficient (Wildman–Crippen LogP) is 3.67. The van der Waals surface area contributed by atoms with Gasteiger partial charge in [-0.25, -0.2) is 9.97 Å². The van der Waals surface area contributed by atoms with E-state index in [2.05, 4.69) is 44.6 Å². The van der Waals surface area contributed by atoms with E-state index in [0.29, 0.717) is 11.6 Å². The van der Waals surface area contributed by atoms with Gasteiger partial charge in [0.05, 0.1) is 18.4 Å². The van der Waals surface area contributed by atoms with E-state index in [1.807, 2.05) is 42.5 Å². The third-order valence-electron chi connectivity index (χ3n) is 4.73. The molecular formula is C23H23N5O2. The van der Waals surface area contributed by atoms with Crippen LogP contribution >= 0.6 is 0 Å². The first-order valence-electron chi connectivity index (χ1n) is 9.77. The van der Waals surface area contributed by atoms with Crippen molar-refractivity contribution in [3.8, 4) is 11.3 Å². The zero-order valence-corrected chi connectivity index (χ0v) is 16.5. The molecule has 1 aliphatic heterocycles. The highest BCUT2D eigenvalue weighted by molar-refractivity contribution is 5.99. The molecule has 3 aromatic rings. The van der Waals surface area contributed by atoms with Crippen molar-refractivity contribution < 1.29 is 9.53 Å². The van der Waals surface area contributed by atoms with Crippen LogP contribution in [0.3, 0.4) is 0 Å². The number of amides is 1. The van der Waals surface area contributed by atoms with Gasteiger partial charge in [-0.2, -0.15) is 0 Å². The van der Waals surface area contributed by atoms with E-state index in [0.717, 1.165) is 42.2 Å². The minimum absolute atomic E-state index is 0.0845. The number of rotatable bonds is 6. The highest BCUT2D eigenvalue weighted by atomic mass is 16.5. The summed E-state index contributed by atoms with van der Waals surface area (Å²) in [6.45, 7) is 5.92. The van der Waals surface area contributed by atoms with Crippen molar-refractivity contribution >= 4 is 23.2 Å². The van der Waals surface area contributed by atoms with E-state index in [-0.39, 0.29) is 12.0 Å². The summed E-state index contributed by atoms with van der Waals surface area (Å²) in [7, 11) is 0. The van der Waals surface area contributed by atoms with Crippen LogP contribution in [-0.2, 0) is 9.53 Å². The SMILES string of the molecule is C=CC(=O)Nc1cccc(-c2ccnc(Nc3ccc(C4CNCCO4)cc3)n2)c1. The predicted molar refractivity (Wildman–Crippen MR) is 118 cm³/mol. The monoisotopic (exact) mass is 401 g/mol. The van der Waals surface area contributed by atoms with Gasteiger partial charge in [-0.15, -0.1) is 0 Å². The van der Waals surface area contributed by atoms with Crippen molar-refractivity contribution in [2.75, 3.05) is 30.3 Å². The molecule has 2 heterocycles. The topological polar surface area (TPSA) is 88.2 Å². The fourth-order valence-corrected chi connectivity index (χ4v) is 3.22. The van der Waals surface area contributed by atoms with Gasteiger partial charge in [0.2, 0.25) is 11.9 Å². The van der Waals surface area contributed by atoms with Crippen LogP contribution in [0.2, 0.25) is 0 Å². The van der Waals surface area contributed by atoms with Crippen LogP contribution in [0, 0.1) is 0 Å². The van der Waals surface area contributed by atoms with E-state index < -0.39 is 0 Å². The van der Waals surface area contributed by atoms with Crippen LogP contribution in [0.5, 0.6) is 0 Å². The van der Waals surface area contributed by atoms with Gasteiger partial charge in [0.15, 0.2) is 0 Å². The van der Waals surface area contributed by atoms with Crippen LogP contribution in [0.15, 0.2) is 73.4 Å². The number of aromatic nitrogens is 2. The summed E-state index contributed by atoms with van der Waals surface area (Å²) in [5, 5.41) is 9.33. The second-order valence-corrected chi connectivity index (χ2v) is 6.85. The molecule has 30 heavy (non-hydrogen) atoms. The number of carbonyl (C=O) groups excluding carboxylic acids is 1. The summed E-state index contributed by atoms with van der Waals surface area (Å²) in [5.41, 5.74) is 4.34. The van der Waals surface area contributed by atoms with E-state index in [9.17, 15) is 4.79 Å². The number of ether oxygens (including phenoxy) is 1. The Morgan fingerprint density at radius 2 is 2.03 bits per heavy atom. The Morgan fingerprint density at radius 3 is 2.80 bits per heavy atom. The lowest BCUT2D eigenvalue weighted by Gasteiger charge is -2.24. The Labute approximate surface area is 175 Å². The molecule has 0 radical (unpaired) electrons. The van der Waals surface area contributed by atoms with Gasteiger partial charge >= 0.3 is 0 Å². The molecule has 7 heteroatoms. The summed E-state index contributed by atoms with van der Waals surface area (Å²) in [6, 6.07) is 17.4. The zero-order valence-electron chi connectivity index (χ0n) is 16.5. The average Bonchev–Trinajstić information content (AvgIpc) is 2.80. The molecule has 1 saturated heterocycles. The fraction of sp³-hybridized carbons (Fsp3) is 0.174. The highest BCUT2D eigenvalue weighted by Gasteiger charge is 2.15. The maximum atomic E-state index is 11.5. The van der Waals surface area contributed by atoms with Crippen molar-refractivity contribution in [3.63, 3.8) is 0 Å². The molecule has 0 aliphatic carbocycles. The smallest absolute Gasteiger partial charge is 0.247 e. The molecule has 1 fully saturated rings. The van der Waals surface area contributed by atoms with E-state index in [1.165, 1.54) is 6.08 Å².